The molecule has 2 N–H and O–H groups in total. The highest BCUT2D eigenvalue weighted by molar-refractivity contribution is 5.80. The molecule has 96 valence electrons. The molecule has 1 rings (SSSR count). The summed E-state index contributed by atoms with van der Waals surface area (Å²) < 4.78 is 0. The van der Waals surface area contributed by atoms with Gasteiger partial charge in [0.2, 0.25) is 0 Å². The molecule has 1 unspecified atom stereocenters. The fourth-order valence-electron chi connectivity index (χ4n) is 1.82. The van der Waals surface area contributed by atoms with E-state index in [9.17, 15) is 9.59 Å². The first-order valence-corrected chi connectivity index (χ1v) is 5.94. The number of carbonyl (C=O) groups is 2. The molecule has 0 aliphatic heterocycles. The number of hydrogen-bond acceptors (Lipinski definition) is 2. The van der Waals surface area contributed by atoms with E-state index in [0.29, 0.717) is 0 Å². The Morgan fingerprint density at radius 2 is 2.18 bits per heavy atom. The predicted molar refractivity (Wildman–Crippen MR) is 64.8 cm³/mol. The van der Waals surface area contributed by atoms with Crippen LogP contribution < -0.4 is 5.32 Å². The van der Waals surface area contributed by atoms with Crippen molar-refractivity contribution in [1.29, 1.82) is 0 Å². The third kappa shape index (κ3) is 4.46. The lowest BCUT2D eigenvalue weighted by atomic mass is 10.0. The Balaban J connectivity index is 2.52. The van der Waals surface area contributed by atoms with E-state index < -0.39 is 5.97 Å². The zero-order chi connectivity index (χ0) is 12.8. The number of nitrogens with zero attached hydrogens (tertiary/aromatic N) is 1. The first kappa shape index (κ1) is 13.5. The number of carboxylic acids is 1. The zero-order valence-corrected chi connectivity index (χ0v) is 10.3. The quantitative estimate of drug-likeness (QED) is 0.733. The van der Waals surface area contributed by atoms with Crippen molar-refractivity contribution in [2.24, 2.45) is 0 Å². The van der Waals surface area contributed by atoms with Gasteiger partial charge in [0.05, 0.1) is 0 Å². The summed E-state index contributed by atoms with van der Waals surface area (Å²) in [5, 5.41) is 11.6. The largest absolute Gasteiger partial charge is 0.480 e. The Kier molecular flexibility index (Phi) is 5.00. The molecule has 0 aromatic rings. The Morgan fingerprint density at radius 1 is 1.47 bits per heavy atom. The van der Waals surface area contributed by atoms with Crippen molar-refractivity contribution in [2.75, 3.05) is 6.54 Å². The number of nitrogens with one attached hydrogen (secondary N) is 1. The van der Waals surface area contributed by atoms with Gasteiger partial charge in [0.25, 0.3) is 0 Å². The summed E-state index contributed by atoms with van der Waals surface area (Å²) in [6, 6.07) is -0.282. The van der Waals surface area contributed by atoms with Crippen molar-refractivity contribution in [1.82, 2.24) is 10.2 Å². The van der Waals surface area contributed by atoms with Gasteiger partial charge in [-0.25, -0.2) is 4.79 Å². The van der Waals surface area contributed by atoms with E-state index in [4.69, 9.17) is 5.11 Å². The molecule has 0 heterocycles. The maximum atomic E-state index is 11.9. The van der Waals surface area contributed by atoms with Gasteiger partial charge in [-0.15, -0.1) is 0 Å². The predicted octanol–water partition coefficient (Wildman–Crippen LogP) is 1.60. The Hall–Kier alpha value is -1.52. The normalized spacial score (nSPS) is 19.1. The molecule has 0 spiro atoms. The molecule has 0 bridgehead atoms. The third-order valence-electron chi connectivity index (χ3n) is 2.79. The molecule has 0 fully saturated rings. The van der Waals surface area contributed by atoms with Crippen LogP contribution in [0, 0.1) is 0 Å². The number of amides is 2. The molecule has 0 aromatic heterocycles. The van der Waals surface area contributed by atoms with Crippen molar-refractivity contribution in [3.63, 3.8) is 0 Å². The van der Waals surface area contributed by atoms with Crippen molar-refractivity contribution >= 4 is 12.0 Å². The molecule has 2 amide bonds. The van der Waals surface area contributed by atoms with Gasteiger partial charge in [-0.3, -0.25) is 4.79 Å². The highest BCUT2D eigenvalue weighted by Crippen LogP contribution is 2.11. The zero-order valence-electron chi connectivity index (χ0n) is 10.3. The maximum Gasteiger partial charge on any atom is 0.323 e. The van der Waals surface area contributed by atoms with Gasteiger partial charge < -0.3 is 15.3 Å². The van der Waals surface area contributed by atoms with Gasteiger partial charge in [0.15, 0.2) is 0 Å². The van der Waals surface area contributed by atoms with Crippen LogP contribution in [-0.2, 0) is 4.79 Å². The number of aliphatic carboxylic acids is 1. The first-order valence-electron chi connectivity index (χ1n) is 5.94. The average molecular weight is 240 g/mol. The van der Waals surface area contributed by atoms with Crippen molar-refractivity contribution < 1.29 is 14.7 Å². The summed E-state index contributed by atoms with van der Waals surface area (Å²) in [4.78, 5) is 23.9. The summed E-state index contributed by atoms with van der Waals surface area (Å²) in [6.07, 6.45) is 6.85. The minimum atomic E-state index is -0.989. The number of carbonyl (C=O) groups excluding carboxylic acids is 1. The van der Waals surface area contributed by atoms with E-state index in [1.54, 1.807) is 0 Å². The lowest BCUT2D eigenvalue weighted by Crippen LogP contribution is -2.49. The fraction of sp³-hybridized carbons (Fsp3) is 0.667. The topological polar surface area (TPSA) is 69.6 Å². The molecule has 0 saturated carbocycles. The van der Waals surface area contributed by atoms with Crippen LogP contribution in [0.4, 0.5) is 4.79 Å². The van der Waals surface area contributed by atoms with Crippen LogP contribution >= 0.6 is 0 Å². The molecule has 5 nitrogen and oxygen atoms in total. The van der Waals surface area contributed by atoms with Crippen molar-refractivity contribution in [3.05, 3.63) is 12.2 Å². The van der Waals surface area contributed by atoms with Crippen molar-refractivity contribution in [2.45, 2.75) is 45.2 Å². The van der Waals surface area contributed by atoms with Crippen LogP contribution in [0.15, 0.2) is 12.2 Å². The second-order valence-corrected chi connectivity index (χ2v) is 4.55. The Labute approximate surface area is 101 Å². The second kappa shape index (κ2) is 6.27. The highest BCUT2D eigenvalue weighted by Gasteiger charge is 2.22. The lowest BCUT2D eigenvalue weighted by Gasteiger charge is -2.28. The van der Waals surface area contributed by atoms with Crippen LogP contribution in [0.25, 0.3) is 0 Å². The molecular formula is C12H20N2O3. The van der Waals surface area contributed by atoms with Gasteiger partial charge in [0.1, 0.15) is 6.54 Å². The van der Waals surface area contributed by atoms with Crippen LogP contribution in [0.2, 0.25) is 0 Å². The van der Waals surface area contributed by atoms with Gasteiger partial charge in [-0.1, -0.05) is 12.2 Å². The molecule has 1 aliphatic carbocycles. The number of allylic oxidation sites excluding steroid dienone is 1. The van der Waals surface area contributed by atoms with Crippen LogP contribution in [0.5, 0.6) is 0 Å². The minimum absolute atomic E-state index is 0.120. The smallest absolute Gasteiger partial charge is 0.323 e. The van der Waals surface area contributed by atoms with E-state index >= 15 is 0 Å². The first-order chi connectivity index (χ1) is 8.00. The molecule has 1 aliphatic rings. The van der Waals surface area contributed by atoms with Crippen LogP contribution in [-0.4, -0.2) is 40.6 Å². The molecular weight excluding hydrogens is 220 g/mol. The standard InChI is InChI=1S/C12H20N2O3/c1-9(2)14(8-11(15)16)12(17)13-10-6-4-3-5-7-10/h3-4,9-10H,5-8H2,1-2H3,(H,13,17)(H,15,16). The monoisotopic (exact) mass is 240 g/mol. The Bertz CT molecular complexity index is 313. The van der Waals surface area contributed by atoms with E-state index in [2.05, 4.69) is 11.4 Å². The second-order valence-electron chi connectivity index (χ2n) is 4.55. The average Bonchev–Trinajstić information content (AvgIpc) is 2.26. The van der Waals surface area contributed by atoms with E-state index in [1.165, 1.54) is 4.90 Å². The maximum absolute atomic E-state index is 11.9. The summed E-state index contributed by atoms with van der Waals surface area (Å²) >= 11 is 0. The van der Waals surface area contributed by atoms with E-state index in [0.717, 1.165) is 19.3 Å². The van der Waals surface area contributed by atoms with Crippen LogP contribution in [0.3, 0.4) is 0 Å². The van der Waals surface area contributed by atoms with E-state index in [1.807, 2.05) is 19.9 Å². The lowest BCUT2D eigenvalue weighted by molar-refractivity contribution is -0.138. The number of hydrogen-bond donors (Lipinski definition) is 2. The highest BCUT2D eigenvalue weighted by atomic mass is 16.4. The fourth-order valence-corrected chi connectivity index (χ4v) is 1.82. The number of urea groups is 1. The SMILES string of the molecule is CC(C)N(CC(=O)O)C(=O)NC1CC=CCC1. The molecule has 0 aromatic carbocycles. The van der Waals surface area contributed by atoms with E-state index in [-0.39, 0.29) is 24.7 Å². The molecule has 17 heavy (non-hydrogen) atoms. The molecule has 0 radical (unpaired) electrons. The molecule has 0 saturated heterocycles. The summed E-state index contributed by atoms with van der Waals surface area (Å²) in [6.45, 7) is 3.36. The summed E-state index contributed by atoms with van der Waals surface area (Å²) in [5.74, 6) is -0.989. The summed E-state index contributed by atoms with van der Waals surface area (Å²) in [7, 11) is 0. The van der Waals surface area contributed by atoms with Crippen molar-refractivity contribution in [3.8, 4) is 0 Å². The number of rotatable bonds is 4. The minimum Gasteiger partial charge on any atom is -0.480 e. The number of carboxylic acid groups (broad SMARTS) is 1. The van der Waals surface area contributed by atoms with Gasteiger partial charge in [0, 0.05) is 12.1 Å². The summed E-state index contributed by atoms with van der Waals surface area (Å²) in [5.41, 5.74) is 0. The van der Waals surface area contributed by atoms with Gasteiger partial charge in [-0.05, 0) is 33.1 Å². The third-order valence-corrected chi connectivity index (χ3v) is 2.79. The van der Waals surface area contributed by atoms with Gasteiger partial charge in [-0.2, -0.15) is 0 Å². The molecule has 5 heteroatoms. The Morgan fingerprint density at radius 3 is 2.65 bits per heavy atom. The van der Waals surface area contributed by atoms with Crippen LogP contribution in [0.1, 0.15) is 33.1 Å². The van der Waals surface area contributed by atoms with Gasteiger partial charge >= 0.3 is 12.0 Å². The molecule has 1 atom stereocenters.